The number of nitrogens with zero attached hydrogens (tertiary/aromatic N) is 1. The largest absolute Gasteiger partial charge is 0.212 e. The van der Waals surface area contributed by atoms with Crippen molar-refractivity contribution in [3.63, 3.8) is 0 Å². The van der Waals surface area contributed by atoms with Crippen molar-refractivity contribution in [1.82, 2.24) is 4.31 Å². The molecule has 1 saturated heterocycles. The lowest BCUT2D eigenvalue weighted by molar-refractivity contribution is 0.254. The second-order valence-electron chi connectivity index (χ2n) is 3.31. The summed E-state index contributed by atoms with van der Waals surface area (Å²) in [5.41, 5.74) is 0. The highest BCUT2D eigenvalue weighted by molar-refractivity contribution is 7.88. The van der Waals surface area contributed by atoms with Gasteiger partial charge in [-0.2, -0.15) is 4.31 Å². The summed E-state index contributed by atoms with van der Waals surface area (Å²) < 4.78 is 24.1. The maximum atomic E-state index is 11.3. The van der Waals surface area contributed by atoms with Gasteiger partial charge in [0, 0.05) is 12.6 Å². The van der Waals surface area contributed by atoms with Crippen LogP contribution in [0.4, 0.5) is 0 Å². The molecule has 4 heteroatoms. The number of rotatable bonds is 2. The lowest BCUT2D eigenvalue weighted by atomic mass is 10.0. The fourth-order valence-electron chi connectivity index (χ4n) is 1.70. The van der Waals surface area contributed by atoms with E-state index in [-0.39, 0.29) is 6.04 Å². The van der Waals surface area contributed by atoms with Crippen LogP contribution in [0.1, 0.15) is 25.7 Å². The minimum Gasteiger partial charge on any atom is -0.212 e. The maximum absolute atomic E-state index is 11.3. The molecule has 1 radical (unpaired) electrons. The summed E-state index contributed by atoms with van der Waals surface area (Å²) in [7, 11) is -2.99. The predicted molar refractivity (Wildman–Crippen MR) is 49.2 cm³/mol. The Bertz CT molecular complexity index is 235. The smallest absolute Gasteiger partial charge is 0.211 e. The van der Waals surface area contributed by atoms with Crippen LogP contribution in [0.2, 0.25) is 0 Å². The molecule has 12 heavy (non-hydrogen) atoms. The number of hydrogen-bond donors (Lipinski definition) is 0. The fourth-order valence-corrected chi connectivity index (χ4v) is 2.91. The van der Waals surface area contributed by atoms with Gasteiger partial charge in [0.25, 0.3) is 0 Å². The van der Waals surface area contributed by atoms with Crippen LogP contribution in [0.3, 0.4) is 0 Å². The highest BCUT2D eigenvalue weighted by atomic mass is 32.2. The Morgan fingerprint density at radius 1 is 1.50 bits per heavy atom. The molecule has 0 aliphatic carbocycles. The minimum atomic E-state index is -2.99. The molecule has 0 amide bonds. The second kappa shape index (κ2) is 3.75. The van der Waals surface area contributed by atoms with Crippen LogP contribution in [0, 0.1) is 6.92 Å². The van der Waals surface area contributed by atoms with Gasteiger partial charge in [0.15, 0.2) is 0 Å². The van der Waals surface area contributed by atoms with E-state index in [1.54, 1.807) is 4.31 Å². The van der Waals surface area contributed by atoms with Crippen LogP contribution in [0.25, 0.3) is 0 Å². The zero-order valence-corrected chi connectivity index (χ0v) is 8.31. The molecule has 1 fully saturated rings. The molecule has 3 nitrogen and oxygen atoms in total. The highest BCUT2D eigenvalue weighted by Crippen LogP contribution is 2.21. The third-order valence-electron chi connectivity index (χ3n) is 2.33. The number of hydrogen-bond acceptors (Lipinski definition) is 2. The quantitative estimate of drug-likeness (QED) is 0.652. The van der Waals surface area contributed by atoms with Gasteiger partial charge in [-0.3, -0.25) is 0 Å². The number of piperidine rings is 1. The van der Waals surface area contributed by atoms with Gasteiger partial charge >= 0.3 is 0 Å². The molecular formula is C8H16NO2S. The molecule has 1 heterocycles. The monoisotopic (exact) mass is 190 g/mol. The molecule has 0 spiro atoms. The van der Waals surface area contributed by atoms with Crippen LogP contribution < -0.4 is 0 Å². The van der Waals surface area contributed by atoms with Gasteiger partial charge in [-0.1, -0.05) is 13.3 Å². The molecule has 0 aromatic carbocycles. The Balaban J connectivity index is 2.72. The van der Waals surface area contributed by atoms with E-state index < -0.39 is 10.0 Å². The molecule has 71 valence electrons. The van der Waals surface area contributed by atoms with Gasteiger partial charge in [0.1, 0.15) is 0 Å². The van der Waals surface area contributed by atoms with Crippen LogP contribution in [0.5, 0.6) is 0 Å². The van der Waals surface area contributed by atoms with Crippen molar-refractivity contribution in [2.75, 3.05) is 12.8 Å². The standard InChI is InChI=1S/C8H16NO2S/c1-3-8-6-4-5-7-9(8)12(2,10)11/h8H,1,3-7H2,2H3. The van der Waals surface area contributed by atoms with Gasteiger partial charge in [-0.25, -0.2) is 8.42 Å². The first-order valence-electron chi connectivity index (χ1n) is 4.32. The summed E-state index contributed by atoms with van der Waals surface area (Å²) in [5.74, 6) is 0. The van der Waals surface area contributed by atoms with Crippen LogP contribution in [-0.4, -0.2) is 31.6 Å². The summed E-state index contributed by atoms with van der Waals surface area (Å²) in [5, 5.41) is 0. The van der Waals surface area contributed by atoms with Crippen LogP contribution in [-0.2, 0) is 10.0 Å². The normalized spacial score (nSPS) is 27.3. The molecule has 0 aromatic heterocycles. The molecule has 0 bridgehead atoms. The summed E-state index contributed by atoms with van der Waals surface area (Å²) in [6.45, 7) is 4.45. The lowest BCUT2D eigenvalue weighted by Crippen LogP contribution is -2.42. The zero-order chi connectivity index (χ0) is 9.19. The number of sulfonamides is 1. The summed E-state index contributed by atoms with van der Waals surface area (Å²) in [6, 6.07) is 0.147. The molecule has 1 aliphatic rings. The van der Waals surface area contributed by atoms with E-state index in [2.05, 4.69) is 6.92 Å². The molecule has 0 saturated carbocycles. The molecule has 1 unspecified atom stereocenters. The predicted octanol–water partition coefficient (Wildman–Crippen LogP) is 1.02. The Labute approximate surface area is 74.8 Å². The van der Waals surface area contributed by atoms with Crippen molar-refractivity contribution in [2.45, 2.75) is 31.7 Å². The van der Waals surface area contributed by atoms with Crippen molar-refractivity contribution in [1.29, 1.82) is 0 Å². The van der Waals surface area contributed by atoms with Crippen molar-refractivity contribution >= 4 is 10.0 Å². The van der Waals surface area contributed by atoms with E-state index in [4.69, 9.17) is 0 Å². The molecular weight excluding hydrogens is 174 g/mol. The summed E-state index contributed by atoms with van der Waals surface area (Å²) >= 11 is 0. The molecule has 1 aliphatic heterocycles. The van der Waals surface area contributed by atoms with Gasteiger partial charge < -0.3 is 0 Å². The van der Waals surface area contributed by atoms with Gasteiger partial charge in [-0.05, 0) is 19.3 Å². The van der Waals surface area contributed by atoms with E-state index >= 15 is 0 Å². The zero-order valence-electron chi connectivity index (χ0n) is 7.49. The van der Waals surface area contributed by atoms with Gasteiger partial charge in [0.2, 0.25) is 10.0 Å². The first kappa shape index (κ1) is 9.99. The average molecular weight is 190 g/mol. The Morgan fingerprint density at radius 2 is 2.17 bits per heavy atom. The lowest BCUT2D eigenvalue weighted by Gasteiger charge is -2.32. The third-order valence-corrected chi connectivity index (χ3v) is 3.67. The van der Waals surface area contributed by atoms with Crippen molar-refractivity contribution in [2.24, 2.45) is 0 Å². The van der Waals surface area contributed by atoms with Crippen molar-refractivity contribution in [3.8, 4) is 0 Å². The third kappa shape index (κ3) is 2.20. The van der Waals surface area contributed by atoms with E-state index in [0.717, 1.165) is 19.3 Å². The van der Waals surface area contributed by atoms with Crippen molar-refractivity contribution < 1.29 is 8.42 Å². The van der Waals surface area contributed by atoms with Crippen LogP contribution >= 0.6 is 0 Å². The second-order valence-corrected chi connectivity index (χ2v) is 5.25. The summed E-state index contributed by atoms with van der Waals surface area (Å²) in [6.07, 6.45) is 5.06. The topological polar surface area (TPSA) is 37.4 Å². The molecule has 1 atom stereocenters. The first-order chi connectivity index (χ1) is 5.55. The average Bonchev–Trinajstić information content (AvgIpc) is 2.03. The van der Waals surface area contributed by atoms with E-state index in [1.165, 1.54) is 6.26 Å². The molecule has 0 N–H and O–H groups in total. The SMILES string of the molecule is [CH2]CC1CCCCN1S(C)(=O)=O. The molecule has 1 rings (SSSR count). The Kier molecular flexibility index (Phi) is 3.12. The first-order valence-corrected chi connectivity index (χ1v) is 6.16. The van der Waals surface area contributed by atoms with Gasteiger partial charge in [0.05, 0.1) is 6.26 Å². The van der Waals surface area contributed by atoms with E-state index in [0.29, 0.717) is 13.0 Å². The minimum absolute atomic E-state index is 0.147. The Hall–Kier alpha value is -0.0900. The maximum Gasteiger partial charge on any atom is 0.211 e. The fraction of sp³-hybridized carbons (Fsp3) is 0.875. The van der Waals surface area contributed by atoms with Crippen molar-refractivity contribution in [3.05, 3.63) is 6.92 Å². The highest BCUT2D eigenvalue weighted by Gasteiger charge is 2.27. The van der Waals surface area contributed by atoms with Crippen LogP contribution in [0.15, 0.2) is 0 Å². The molecule has 0 aromatic rings. The summed E-state index contributed by atoms with van der Waals surface area (Å²) in [4.78, 5) is 0. The Morgan fingerprint density at radius 3 is 2.58 bits per heavy atom. The van der Waals surface area contributed by atoms with E-state index in [9.17, 15) is 8.42 Å². The van der Waals surface area contributed by atoms with Gasteiger partial charge in [-0.15, -0.1) is 0 Å². The van der Waals surface area contributed by atoms with E-state index in [1.807, 2.05) is 0 Å².